The monoisotopic (exact) mass is 638 g/mol. The summed E-state index contributed by atoms with van der Waals surface area (Å²) in [7, 11) is 0. The number of nitrogens with zero attached hydrogens (tertiary/aromatic N) is 4. The minimum absolute atomic E-state index is 0.641. The highest BCUT2D eigenvalue weighted by molar-refractivity contribution is 6.33. The topological polar surface area (TPSA) is 56.7 Å². The van der Waals surface area contributed by atoms with Gasteiger partial charge in [-0.05, 0) is 64.0 Å². The van der Waals surface area contributed by atoms with Crippen molar-refractivity contribution >= 4 is 65.3 Å². The van der Waals surface area contributed by atoms with Crippen molar-refractivity contribution in [2.24, 2.45) is 0 Å². The Morgan fingerprint density at radius 3 is 1.46 bits per heavy atom. The van der Waals surface area contributed by atoms with Crippen LogP contribution < -0.4 is 0 Å². The minimum atomic E-state index is 0.641. The van der Waals surface area contributed by atoms with Gasteiger partial charge in [0.05, 0.1) is 11.0 Å². The standard InChI is InChI=1S/C45H26N4O/c1-3-9-30(10-4-1)43-46-44(31-11-5-2-6-12-31)48-45(47-43)32-18-17-27-19-22-34(26-33(27)25-32)49-35-23-20-28-13-7-15-37-39(28)41(35)42-36(49)24-21-29-14-8-16-38(50-37)40(29)42/h1-26H. The molecule has 0 N–H and O–H groups in total. The van der Waals surface area contributed by atoms with Gasteiger partial charge >= 0.3 is 0 Å². The molecule has 5 heteroatoms. The van der Waals surface area contributed by atoms with Gasteiger partial charge in [-0.15, -0.1) is 0 Å². The van der Waals surface area contributed by atoms with Gasteiger partial charge in [0.25, 0.3) is 0 Å². The summed E-state index contributed by atoms with van der Waals surface area (Å²) < 4.78 is 9.02. The molecule has 50 heavy (non-hydrogen) atoms. The van der Waals surface area contributed by atoms with Gasteiger partial charge in [0.2, 0.25) is 0 Å². The highest BCUT2D eigenvalue weighted by Gasteiger charge is 2.21. The molecular formula is C45H26N4O. The minimum Gasteiger partial charge on any atom is -0.456 e. The number of hydrogen-bond acceptors (Lipinski definition) is 4. The van der Waals surface area contributed by atoms with Crippen LogP contribution in [0, 0.1) is 0 Å². The van der Waals surface area contributed by atoms with E-state index in [2.05, 4.69) is 102 Å². The van der Waals surface area contributed by atoms with Gasteiger partial charge in [0.15, 0.2) is 17.5 Å². The molecule has 3 aromatic heterocycles. The molecule has 0 bridgehead atoms. The van der Waals surface area contributed by atoms with E-state index in [0.29, 0.717) is 17.5 Å². The van der Waals surface area contributed by atoms with Gasteiger partial charge < -0.3 is 8.98 Å². The van der Waals surface area contributed by atoms with E-state index in [1.807, 2.05) is 60.7 Å². The number of hydrogen-bond donors (Lipinski definition) is 0. The molecule has 0 radical (unpaired) electrons. The Labute approximate surface area is 286 Å². The van der Waals surface area contributed by atoms with E-state index in [-0.39, 0.29) is 0 Å². The Morgan fingerprint density at radius 2 is 0.880 bits per heavy atom. The van der Waals surface area contributed by atoms with Gasteiger partial charge in [-0.3, -0.25) is 0 Å². The zero-order chi connectivity index (χ0) is 32.8. The lowest BCUT2D eigenvalue weighted by Crippen LogP contribution is -2.00. The molecule has 8 aromatic carbocycles. The van der Waals surface area contributed by atoms with Crippen molar-refractivity contribution in [3.8, 4) is 39.9 Å². The van der Waals surface area contributed by atoms with Gasteiger partial charge in [0, 0.05) is 43.9 Å². The van der Waals surface area contributed by atoms with Crippen LogP contribution in [0.3, 0.4) is 0 Å². The highest BCUT2D eigenvalue weighted by atomic mass is 16.3. The Kier molecular flexibility index (Phi) is 5.60. The Bertz CT molecular complexity index is 2930. The van der Waals surface area contributed by atoms with E-state index in [0.717, 1.165) is 66.1 Å². The number of benzene rings is 8. The second kappa shape index (κ2) is 10.3. The predicted molar refractivity (Wildman–Crippen MR) is 204 cm³/mol. The van der Waals surface area contributed by atoms with Crippen molar-refractivity contribution in [3.63, 3.8) is 0 Å². The summed E-state index contributed by atoms with van der Waals surface area (Å²) in [5.41, 5.74) is 8.02. The van der Waals surface area contributed by atoms with Crippen molar-refractivity contribution in [2.75, 3.05) is 0 Å². The molecular weight excluding hydrogens is 613 g/mol. The van der Waals surface area contributed by atoms with Crippen LogP contribution in [-0.4, -0.2) is 19.5 Å². The third-order valence-corrected chi connectivity index (χ3v) is 9.96. The van der Waals surface area contributed by atoms with E-state index in [4.69, 9.17) is 19.4 Å². The van der Waals surface area contributed by atoms with Gasteiger partial charge in [0.1, 0.15) is 11.2 Å². The number of rotatable bonds is 4. The van der Waals surface area contributed by atoms with Crippen molar-refractivity contribution in [1.29, 1.82) is 0 Å². The van der Waals surface area contributed by atoms with Crippen LogP contribution >= 0.6 is 0 Å². The van der Waals surface area contributed by atoms with Crippen LogP contribution in [0.1, 0.15) is 0 Å². The van der Waals surface area contributed by atoms with Crippen molar-refractivity contribution in [2.45, 2.75) is 0 Å². The van der Waals surface area contributed by atoms with Crippen LogP contribution in [0.4, 0.5) is 0 Å². The summed E-state index contributed by atoms with van der Waals surface area (Å²) in [5.74, 6) is 1.94. The summed E-state index contributed by atoms with van der Waals surface area (Å²) in [5, 5.41) is 9.35. The summed E-state index contributed by atoms with van der Waals surface area (Å²) in [4.78, 5) is 14.9. The maximum Gasteiger partial charge on any atom is 0.164 e. The van der Waals surface area contributed by atoms with Crippen LogP contribution in [-0.2, 0) is 0 Å². The first-order valence-electron chi connectivity index (χ1n) is 16.8. The van der Waals surface area contributed by atoms with Crippen LogP contribution in [0.5, 0.6) is 0 Å². The van der Waals surface area contributed by atoms with Crippen molar-refractivity contribution in [1.82, 2.24) is 19.5 Å². The van der Waals surface area contributed by atoms with E-state index in [1.165, 1.54) is 21.5 Å². The average molecular weight is 639 g/mol. The van der Waals surface area contributed by atoms with Crippen LogP contribution in [0.15, 0.2) is 162 Å². The molecule has 3 heterocycles. The quantitative estimate of drug-likeness (QED) is 0.192. The third-order valence-electron chi connectivity index (χ3n) is 9.96. The third kappa shape index (κ3) is 3.98. The maximum atomic E-state index is 6.62. The number of fused-ring (bicyclic) bond motifs is 1. The van der Waals surface area contributed by atoms with Crippen molar-refractivity contribution in [3.05, 3.63) is 158 Å². The molecule has 0 fully saturated rings. The predicted octanol–water partition coefficient (Wildman–Crippen LogP) is 11.6. The summed E-state index contributed by atoms with van der Waals surface area (Å²) in [6.45, 7) is 0. The van der Waals surface area contributed by atoms with Gasteiger partial charge in [-0.25, -0.2) is 15.0 Å². The van der Waals surface area contributed by atoms with E-state index in [9.17, 15) is 0 Å². The van der Waals surface area contributed by atoms with Crippen molar-refractivity contribution < 1.29 is 4.42 Å². The zero-order valence-electron chi connectivity index (χ0n) is 26.7. The molecule has 0 spiro atoms. The lowest BCUT2D eigenvalue weighted by atomic mass is 10.00. The highest BCUT2D eigenvalue weighted by Crippen LogP contribution is 2.44. The first-order valence-corrected chi connectivity index (χ1v) is 16.8. The Morgan fingerprint density at radius 1 is 0.360 bits per heavy atom. The Balaban J connectivity index is 1.15. The summed E-state index contributed by atoms with van der Waals surface area (Å²) in [6.07, 6.45) is 0. The smallest absolute Gasteiger partial charge is 0.164 e. The van der Waals surface area contributed by atoms with Crippen LogP contribution in [0.2, 0.25) is 0 Å². The van der Waals surface area contributed by atoms with Gasteiger partial charge in [-0.2, -0.15) is 0 Å². The fraction of sp³-hybridized carbons (Fsp3) is 0. The SMILES string of the molecule is c1ccc(-c2nc(-c3ccccc3)nc(-c3ccc4ccc(-n5c6ccc7cccc8oc9cccc%10ccc5c(c%109)c6c78)cc4c3)n2)cc1. The molecule has 0 amide bonds. The zero-order valence-corrected chi connectivity index (χ0v) is 26.7. The summed E-state index contributed by atoms with van der Waals surface area (Å²) >= 11 is 0. The summed E-state index contributed by atoms with van der Waals surface area (Å²) in [6, 6.07) is 55.0. The second-order valence-corrected chi connectivity index (χ2v) is 12.8. The van der Waals surface area contributed by atoms with E-state index < -0.39 is 0 Å². The largest absolute Gasteiger partial charge is 0.456 e. The maximum absolute atomic E-state index is 6.62. The molecule has 0 aliphatic rings. The lowest BCUT2D eigenvalue weighted by molar-refractivity contribution is 0.664. The molecule has 0 saturated carbocycles. The molecule has 232 valence electrons. The molecule has 0 unspecified atom stereocenters. The van der Waals surface area contributed by atoms with E-state index >= 15 is 0 Å². The Hall–Kier alpha value is -6.85. The second-order valence-electron chi connectivity index (χ2n) is 12.8. The molecule has 11 rings (SSSR count). The number of aromatic nitrogens is 4. The van der Waals surface area contributed by atoms with Gasteiger partial charge in [-0.1, -0.05) is 115 Å². The molecule has 0 atom stereocenters. The fourth-order valence-electron chi connectivity index (χ4n) is 7.69. The molecule has 11 aromatic rings. The lowest BCUT2D eigenvalue weighted by Gasteiger charge is -2.12. The molecule has 0 aliphatic heterocycles. The average Bonchev–Trinajstić information content (AvgIpc) is 3.44. The normalized spacial score (nSPS) is 12.0. The molecule has 0 aliphatic carbocycles. The molecule has 0 saturated heterocycles. The first-order chi connectivity index (χ1) is 24.8. The molecule has 5 nitrogen and oxygen atoms in total. The van der Waals surface area contributed by atoms with Crippen LogP contribution in [0.25, 0.3) is 105 Å². The fourth-order valence-corrected chi connectivity index (χ4v) is 7.69. The van der Waals surface area contributed by atoms with E-state index in [1.54, 1.807) is 0 Å². The first kappa shape index (κ1) is 27.1.